The quantitative estimate of drug-likeness (QED) is 0.844. The van der Waals surface area contributed by atoms with E-state index in [1.54, 1.807) is 0 Å². The van der Waals surface area contributed by atoms with E-state index in [1.165, 1.54) is 31.5 Å². The number of amides is 1. The van der Waals surface area contributed by atoms with Crippen molar-refractivity contribution in [2.24, 2.45) is 5.14 Å². The van der Waals surface area contributed by atoms with E-state index in [9.17, 15) is 13.2 Å². The van der Waals surface area contributed by atoms with Gasteiger partial charge in [0.1, 0.15) is 10.6 Å². The lowest BCUT2D eigenvalue weighted by Gasteiger charge is -2.10. The molecule has 2 rings (SSSR count). The molecule has 0 aliphatic rings. The monoisotopic (exact) mass is 314 g/mol. The van der Waals surface area contributed by atoms with Crippen LogP contribution in [-0.4, -0.2) is 31.0 Å². The lowest BCUT2D eigenvalue weighted by atomic mass is 10.3. The zero-order valence-electron chi connectivity index (χ0n) is 10.2. The number of nitrogens with one attached hydrogen (secondary N) is 1. The van der Waals surface area contributed by atoms with Gasteiger partial charge >= 0.3 is 0 Å². The second-order valence-electron chi connectivity index (χ2n) is 3.64. The Bertz CT molecular complexity index is 728. The third kappa shape index (κ3) is 3.10. The van der Waals surface area contributed by atoms with E-state index in [0.717, 1.165) is 11.5 Å². The summed E-state index contributed by atoms with van der Waals surface area (Å²) in [6, 6.07) is 3.92. The van der Waals surface area contributed by atoms with Crippen LogP contribution >= 0.6 is 11.5 Å². The number of rotatable bonds is 4. The van der Waals surface area contributed by atoms with Gasteiger partial charge in [0.25, 0.3) is 5.91 Å². The van der Waals surface area contributed by atoms with Crippen molar-refractivity contribution >= 4 is 33.2 Å². The maximum absolute atomic E-state index is 11.9. The summed E-state index contributed by atoms with van der Waals surface area (Å²) < 4.78 is 31.2. The molecule has 10 heteroatoms. The van der Waals surface area contributed by atoms with Gasteiger partial charge in [-0.05, 0) is 29.7 Å². The van der Waals surface area contributed by atoms with Crippen LogP contribution in [0.5, 0.6) is 5.75 Å². The molecule has 0 bridgehead atoms. The van der Waals surface area contributed by atoms with Gasteiger partial charge in [0.15, 0.2) is 0 Å². The third-order valence-electron chi connectivity index (χ3n) is 2.33. The molecule has 1 aromatic heterocycles. The van der Waals surface area contributed by atoms with Crippen LogP contribution in [0.3, 0.4) is 0 Å². The molecule has 0 fully saturated rings. The molecule has 106 valence electrons. The summed E-state index contributed by atoms with van der Waals surface area (Å²) in [6.45, 7) is 0. The number of primary sulfonamides is 1. The molecule has 1 amide bonds. The number of sulfonamides is 1. The van der Waals surface area contributed by atoms with E-state index in [-0.39, 0.29) is 15.5 Å². The number of methoxy groups -OCH3 is 1. The number of anilines is 1. The Balaban J connectivity index is 2.37. The number of hydrogen-bond acceptors (Lipinski definition) is 7. The summed E-state index contributed by atoms with van der Waals surface area (Å²) in [4.78, 5) is 12.0. The average molecular weight is 314 g/mol. The van der Waals surface area contributed by atoms with Gasteiger partial charge in [-0.1, -0.05) is 4.49 Å². The van der Waals surface area contributed by atoms with Crippen LogP contribution in [-0.2, 0) is 10.0 Å². The van der Waals surface area contributed by atoms with Crippen LogP contribution in [0.1, 0.15) is 9.67 Å². The molecule has 2 aromatic rings. The molecule has 0 atom stereocenters. The highest BCUT2D eigenvalue weighted by Gasteiger charge is 2.15. The number of carbonyl (C=O) groups excluding carboxylic acids is 1. The van der Waals surface area contributed by atoms with Gasteiger partial charge < -0.3 is 10.1 Å². The van der Waals surface area contributed by atoms with E-state index in [0.29, 0.717) is 5.75 Å². The smallest absolute Gasteiger partial charge is 0.269 e. The van der Waals surface area contributed by atoms with Crippen LogP contribution in [0.4, 0.5) is 5.69 Å². The summed E-state index contributed by atoms with van der Waals surface area (Å²) >= 11 is 0.917. The largest absolute Gasteiger partial charge is 0.495 e. The molecule has 1 heterocycles. The lowest BCUT2D eigenvalue weighted by molar-refractivity contribution is 0.103. The van der Waals surface area contributed by atoms with E-state index < -0.39 is 15.9 Å². The van der Waals surface area contributed by atoms with Crippen molar-refractivity contribution in [2.75, 3.05) is 12.4 Å². The first kappa shape index (κ1) is 14.4. The molecule has 20 heavy (non-hydrogen) atoms. The molecule has 1 aromatic carbocycles. The second kappa shape index (κ2) is 5.53. The fourth-order valence-corrected chi connectivity index (χ4v) is 2.36. The Morgan fingerprint density at radius 1 is 1.45 bits per heavy atom. The summed E-state index contributed by atoms with van der Waals surface area (Å²) in [6.07, 6.45) is 1.30. The zero-order chi connectivity index (χ0) is 14.8. The predicted octanol–water partition coefficient (Wildman–Crippen LogP) is 0.446. The van der Waals surface area contributed by atoms with Gasteiger partial charge in [0.05, 0.1) is 23.9 Å². The van der Waals surface area contributed by atoms with Gasteiger partial charge in [0, 0.05) is 0 Å². The van der Waals surface area contributed by atoms with Crippen molar-refractivity contribution in [1.82, 2.24) is 9.59 Å². The molecular formula is C10H10N4O4S2. The van der Waals surface area contributed by atoms with Crippen LogP contribution in [0.15, 0.2) is 29.3 Å². The molecule has 0 aliphatic heterocycles. The normalized spacial score (nSPS) is 11.1. The Hall–Kier alpha value is -2.04. The molecule has 0 saturated heterocycles. The Morgan fingerprint density at radius 3 is 2.75 bits per heavy atom. The molecule has 8 nitrogen and oxygen atoms in total. The highest BCUT2D eigenvalue weighted by Crippen LogP contribution is 2.27. The van der Waals surface area contributed by atoms with Crippen molar-refractivity contribution in [3.63, 3.8) is 0 Å². The second-order valence-corrected chi connectivity index (χ2v) is 5.99. The molecule has 0 radical (unpaired) electrons. The number of nitrogens with two attached hydrogens (primary N) is 1. The number of carbonyl (C=O) groups is 1. The lowest BCUT2D eigenvalue weighted by Crippen LogP contribution is -2.15. The summed E-state index contributed by atoms with van der Waals surface area (Å²) in [7, 11) is -2.47. The minimum Gasteiger partial charge on any atom is -0.495 e. The number of nitrogens with zero attached hydrogens (tertiary/aromatic N) is 2. The van der Waals surface area contributed by atoms with E-state index in [2.05, 4.69) is 14.9 Å². The maximum Gasteiger partial charge on any atom is 0.269 e. The summed E-state index contributed by atoms with van der Waals surface area (Å²) in [5.74, 6) is -0.159. The first-order valence-electron chi connectivity index (χ1n) is 5.21. The van der Waals surface area contributed by atoms with Crippen LogP contribution in [0.25, 0.3) is 0 Å². The van der Waals surface area contributed by atoms with Crippen molar-refractivity contribution in [1.29, 1.82) is 0 Å². The van der Waals surface area contributed by atoms with Gasteiger partial charge in [-0.3, -0.25) is 4.79 Å². The highest BCUT2D eigenvalue weighted by atomic mass is 32.2. The van der Waals surface area contributed by atoms with Gasteiger partial charge in [0.2, 0.25) is 10.0 Å². The summed E-state index contributed by atoms with van der Waals surface area (Å²) in [5.41, 5.74) is 0.192. The Morgan fingerprint density at radius 2 is 2.20 bits per heavy atom. The third-order valence-corrected chi connectivity index (χ3v) is 3.91. The first-order valence-corrected chi connectivity index (χ1v) is 7.53. The molecular weight excluding hydrogens is 304 g/mol. The van der Waals surface area contributed by atoms with Crippen LogP contribution in [0, 0.1) is 0 Å². The van der Waals surface area contributed by atoms with Crippen LogP contribution in [0.2, 0.25) is 0 Å². The molecule has 0 saturated carbocycles. The highest BCUT2D eigenvalue weighted by molar-refractivity contribution is 7.89. The number of aromatic nitrogens is 2. The fraction of sp³-hybridized carbons (Fsp3) is 0.100. The predicted molar refractivity (Wildman–Crippen MR) is 72.2 cm³/mol. The molecule has 0 unspecified atom stereocenters. The average Bonchev–Trinajstić information content (AvgIpc) is 2.91. The van der Waals surface area contributed by atoms with E-state index in [1.807, 2.05) is 0 Å². The SMILES string of the molecule is COc1ccc(S(N)(=O)=O)cc1NC(=O)c1cnns1. The van der Waals surface area contributed by atoms with Gasteiger partial charge in [-0.25, -0.2) is 13.6 Å². The van der Waals surface area contributed by atoms with Crippen molar-refractivity contribution in [3.05, 3.63) is 29.3 Å². The Kier molecular flexibility index (Phi) is 3.97. The summed E-state index contributed by atoms with van der Waals surface area (Å²) in [5, 5.41) is 11.1. The van der Waals surface area contributed by atoms with Crippen LogP contribution < -0.4 is 15.2 Å². The topological polar surface area (TPSA) is 124 Å². The molecule has 0 aliphatic carbocycles. The van der Waals surface area contributed by atoms with E-state index >= 15 is 0 Å². The first-order chi connectivity index (χ1) is 9.41. The standard InChI is InChI=1S/C10H10N4O4S2/c1-18-8-3-2-6(20(11,16)17)4-7(8)13-10(15)9-5-12-14-19-9/h2-5H,1H3,(H,13,15)(H2,11,16,17). The van der Waals surface area contributed by atoms with Gasteiger partial charge in [-0.15, -0.1) is 5.10 Å². The fourth-order valence-electron chi connectivity index (χ4n) is 1.41. The number of ether oxygens (including phenoxy) is 1. The van der Waals surface area contributed by atoms with Crippen molar-refractivity contribution < 1.29 is 17.9 Å². The molecule has 0 spiro atoms. The minimum atomic E-state index is -3.87. The zero-order valence-corrected chi connectivity index (χ0v) is 11.9. The van der Waals surface area contributed by atoms with Crippen molar-refractivity contribution in [2.45, 2.75) is 4.90 Å². The minimum absolute atomic E-state index is 0.129. The van der Waals surface area contributed by atoms with E-state index in [4.69, 9.17) is 9.88 Å². The molecule has 3 N–H and O–H groups in total. The number of benzene rings is 1. The number of hydrogen-bond donors (Lipinski definition) is 2. The van der Waals surface area contributed by atoms with Crippen molar-refractivity contribution in [3.8, 4) is 5.75 Å². The van der Waals surface area contributed by atoms with Gasteiger partial charge in [-0.2, -0.15) is 0 Å². The maximum atomic E-state index is 11.9. The Labute approximate surface area is 118 Å².